The highest BCUT2D eigenvalue weighted by molar-refractivity contribution is 7.90. The van der Waals surface area contributed by atoms with Crippen LogP contribution in [-0.4, -0.2) is 24.8 Å². The minimum Gasteiger partial charge on any atom is -0.351 e. The molecule has 1 rings (SSSR count). The molecular formula is C3H5N3O3S. The van der Waals surface area contributed by atoms with Crippen LogP contribution in [0, 0.1) is 0 Å². The molecule has 1 aromatic rings. The third kappa shape index (κ3) is 1.24. The lowest BCUT2D eigenvalue weighted by molar-refractivity contribution is 0.416. The van der Waals surface area contributed by atoms with Gasteiger partial charge in [-0.15, -0.1) is 0 Å². The number of hydrogen-bond acceptors (Lipinski definition) is 6. The van der Waals surface area contributed by atoms with Gasteiger partial charge in [-0.2, -0.15) is 4.98 Å². The smallest absolute Gasteiger partial charge is 0.319 e. The fourth-order valence-corrected chi connectivity index (χ4v) is 0.800. The molecule has 0 aliphatic heterocycles. The van der Waals surface area contributed by atoms with Crippen LogP contribution in [0.25, 0.3) is 0 Å². The van der Waals surface area contributed by atoms with E-state index in [2.05, 4.69) is 14.7 Å². The van der Waals surface area contributed by atoms with Crippen LogP contribution in [0.1, 0.15) is 0 Å². The van der Waals surface area contributed by atoms with Gasteiger partial charge in [0.15, 0.2) is 0 Å². The Hall–Kier alpha value is -1.11. The van der Waals surface area contributed by atoms with Crippen molar-refractivity contribution in [3.05, 3.63) is 0 Å². The molecule has 0 fully saturated rings. The van der Waals surface area contributed by atoms with Gasteiger partial charge < -0.3 is 10.3 Å². The number of nitrogen functional groups attached to an aromatic ring is 1. The zero-order valence-corrected chi connectivity index (χ0v) is 5.92. The second-order valence-corrected chi connectivity index (χ2v) is 3.60. The van der Waals surface area contributed by atoms with E-state index in [0.717, 1.165) is 6.26 Å². The quantitative estimate of drug-likeness (QED) is 0.573. The molecule has 0 amide bonds. The van der Waals surface area contributed by atoms with E-state index < -0.39 is 9.84 Å². The van der Waals surface area contributed by atoms with Crippen molar-refractivity contribution in [1.82, 2.24) is 10.1 Å². The maximum absolute atomic E-state index is 10.6. The highest BCUT2D eigenvalue weighted by atomic mass is 32.2. The van der Waals surface area contributed by atoms with Gasteiger partial charge in [0.05, 0.1) is 0 Å². The number of nitrogens with zero attached hydrogens (tertiary/aromatic N) is 2. The average molecular weight is 163 g/mol. The number of aromatic nitrogens is 2. The van der Waals surface area contributed by atoms with Crippen LogP contribution in [0.4, 0.5) is 6.01 Å². The zero-order valence-electron chi connectivity index (χ0n) is 5.10. The fourth-order valence-electron chi connectivity index (χ4n) is 0.372. The molecule has 0 atom stereocenters. The molecule has 6 nitrogen and oxygen atoms in total. The van der Waals surface area contributed by atoms with Crippen molar-refractivity contribution >= 4 is 15.9 Å². The maximum atomic E-state index is 10.6. The summed E-state index contributed by atoms with van der Waals surface area (Å²) in [7, 11) is -3.38. The van der Waals surface area contributed by atoms with Crippen LogP contribution in [0.3, 0.4) is 0 Å². The number of anilines is 1. The molecule has 10 heavy (non-hydrogen) atoms. The van der Waals surface area contributed by atoms with E-state index in [1.807, 2.05) is 0 Å². The molecule has 0 bridgehead atoms. The van der Waals surface area contributed by atoms with Crippen molar-refractivity contribution in [2.24, 2.45) is 0 Å². The van der Waals surface area contributed by atoms with Crippen LogP contribution in [0.2, 0.25) is 0 Å². The number of hydrogen-bond donors (Lipinski definition) is 1. The Morgan fingerprint density at radius 2 is 2.20 bits per heavy atom. The molecule has 1 aromatic heterocycles. The molecular weight excluding hydrogens is 158 g/mol. The summed E-state index contributed by atoms with van der Waals surface area (Å²) in [6.07, 6.45) is 0.970. The standard InChI is InChI=1S/C3H5N3O3S/c1-10(7,8)3-5-2(4)9-6-3/h1H3,(H2,4,5,6). The van der Waals surface area contributed by atoms with Gasteiger partial charge in [-0.05, 0) is 5.16 Å². The van der Waals surface area contributed by atoms with Crippen molar-refractivity contribution < 1.29 is 12.9 Å². The average Bonchev–Trinajstić information content (AvgIpc) is 2.11. The molecule has 0 aliphatic rings. The first kappa shape index (κ1) is 7.00. The molecule has 7 heteroatoms. The van der Waals surface area contributed by atoms with Crippen molar-refractivity contribution in [1.29, 1.82) is 0 Å². The predicted molar refractivity (Wildman–Crippen MR) is 31.8 cm³/mol. The van der Waals surface area contributed by atoms with Gasteiger partial charge in [-0.25, -0.2) is 8.42 Å². The summed E-state index contributed by atoms with van der Waals surface area (Å²) in [5, 5.41) is 2.70. The lowest BCUT2D eigenvalue weighted by Gasteiger charge is -1.81. The summed E-state index contributed by atoms with van der Waals surface area (Å²) in [6, 6.07) is -0.250. The van der Waals surface area contributed by atoms with Gasteiger partial charge in [-0.3, -0.25) is 0 Å². The molecule has 56 valence electrons. The summed E-state index contributed by atoms with van der Waals surface area (Å²) in [5.74, 6) is 0. The molecule has 0 saturated heterocycles. The first-order valence-corrected chi connectivity index (χ1v) is 4.18. The van der Waals surface area contributed by atoms with Gasteiger partial charge >= 0.3 is 6.01 Å². The summed E-state index contributed by atoms with van der Waals surface area (Å²) >= 11 is 0. The normalized spacial score (nSPS) is 11.7. The van der Waals surface area contributed by atoms with E-state index in [9.17, 15) is 8.42 Å². The second-order valence-electron chi connectivity index (χ2n) is 1.69. The molecule has 0 aromatic carbocycles. The maximum Gasteiger partial charge on any atom is 0.319 e. The summed E-state index contributed by atoms with van der Waals surface area (Å²) in [4.78, 5) is 3.29. The van der Waals surface area contributed by atoms with Crippen molar-refractivity contribution in [3.8, 4) is 0 Å². The molecule has 0 unspecified atom stereocenters. The Bertz CT molecular complexity index is 327. The highest BCUT2D eigenvalue weighted by Gasteiger charge is 2.13. The number of sulfone groups is 1. The Morgan fingerprint density at radius 3 is 2.40 bits per heavy atom. The largest absolute Gasteiger partial charge is 0.351 e. The summed E-state index contributed by atoms with van der Waals surface area (Å²) in [6.45, 7) is 0. The Morgan fingerprint density at radius 1 is 1.60 bits per heavy atom. The van der Waals surface area contributed by atoms with Crippen LogP contribution >= 0.6 is 0 Å². The predicted octanol–water partition coefficient (Wildman–Crippen LogP) is -0.945. The Kier molecular flexibility index (Phi) is 1.36. The molecule has 0 aliphatic carbocycles. The summed E-state index contributed by atoms with van der Waals surface area (Å²) < 4.78 is 25.4. The van der Waals surface area contributed by atoms with Gasteiger partial charge in [0.2, 0.25) is 9.84 Å². The van der Waals surface area contributed by atoms with E-state index in [0.29, 0.717) is 0 Å². The third-order valence-corrected chi connectivity index (χ3v) is 1.58. The number of nitrogens with two attached hydrogens (primary N) is 1. The second kappa shape index (κ2) is 1.94. The molecule has 2 N–H and O–H groups in total. The van der Waals surface area contributed by atoms with Crippen LogP contribution in [0.5, 0.6) is 0 Å². The Labute approximate surface area is 56.9 Å². The van der Waals surface area contributed by atoms with E-state index in [1.54, 1.807) is 0 Å². The molecule has 0 saturated carbocycles. The van der Waals surface area contributed by atoms with Crippen LogP contribution < -0.4 is 5.73 Å². The molecule has 0 spiro atoms. The minimum atomic E-state index is -3.38. The monoisotopic (exact) mass is 163 g/mol. The highest BCUT2D eigenvalue weighted by Crippen LogP contribution is 2.03. The van der Waals surface area contributed by atoms with Crippen LogP contribution in [0.15, 0.2) is 9.68 Å². The van der Waals surface area contributed by atoms with Gasteiger partial charge in [0, 0.05) is 6.26 Å². The SMILES string of the molecule is CS(=O)(=O)c1noc(N)n1. The lowest BCUT2D eigenvalue weighted by Crippen LogP contribution is -1.99. The topological polar surface area (TPSA) is 99.1 Å². The molecule has 0 radical (unpaired) electrons. The van der Waals surface area contributed by atoms with Gasteiger partial charge in [0.1, 0.15) is 0 Å². The van der Waals surface area contributed by atoms with E-state index in [-0.39, 0.29) is 11.2 Å². The molecule has 1 heterocycles. The first-order valence-electron chi connectivity index (χ1n) is 2.29. The van der Waals surface area contributed by atoms with Crippen molar-refractivity contribution in [2.45, 2.75) is 5.16 Å². The van der Waals surface area contributed by atoms with Crippen LogP contribution in [-0.2, 0) is 9.84 Å². The van der Waals surface area contributed by atoms with E-state index in [1.165, 1.54) is 0 Å². The number of rotatable bonds is 1. The minimum absolute atomic E-state index is 0.250. The van der Waals surface area contributed by atoms with Gasteiger partial charge in [-0.1, -0.05) is 0 Å². The van der Waals surface area contributed by atoms with Crippen molar-refractivity contribution in [2.75, 3.05) is 12.0 Å². The first-order chi connectivity index (χ1) is 4.50. The fraction of sp³-hybridized carbons (Fsp3) is 0.333. The lowest BCUT2D eigenvalue weighted by atomic mass is 11.2. The van der Waals surface area contributed by atoms with E-state index in [4.69, 9.17) is 5.73 Å². The van der Waals surface area contributed by atoms with E-state index >= 15 is 0 Å². The Balaban J connectivity index is 3.21. The van der Waals surface area contributed by atoms with Crippen molar-refractivity contribution in [3.63, 3.8) is 0 Å². The summed E-state index contributed by atoms with van der Waals surface area (Å²) in [5.41, 5.74) is 4.97. The third-order valence-electron chi connectivity index (χ3n) is 0.755. The van der Waals surface area contributed by atoms with Gasteiger partial charge in [0.25, 0.3) is 5.16 Å². The zero-order chi connectivity index (χ0) is 7.78.